The molecule has 0 aromatic heterocycles. The number of likely N-dealkylation sites (tertiary alicyclic amines) is 1. The Balaban J connectivity index is 1.77. The highest BCUT2D eigenvalue weighted by molar-refractivity contribution is 7.99. The second-order valence-electron chi connectivity index (χ2n) is 5.63. The fourth-order valence-corrected chi connectivity index (χ4v) is 4.21. The van der Waals surface area contributed by atoms with Gasteiger partial charge < -0.3 is 10.2 Å². The molecular formula is C16H22Cl2N2OS. The van der Waals surface area contributed by atoms with E-state index in [-0.39, 0.29) is 5.91 Å². The van der Waals surface area contributed by atoms with Crippen molar-refractivity contribution in [2.75, 3.05) is 32.4 Å². The molecule has 122 valence electrons. The maximum Gasteiger partial charge on any atom is 0.232 e. The van der Waals surface area contributed by atoms with Gasteiger partial charge in [-0.3, -0.25) is 4.79 Å². The Morgan fingerprint density at radius 3 is 3.00 bits per heavy atom. The predicted molar refractivity (Wildman–Crippen MR) is 95.9 cm³/mol. The molecule has 22 heavy (non-hydrogen) atoms. The summed E-state index contributed by atoms with van der Waals surface area (Å²) in [7, 11) is 1.96. The van der Waals surface area contributed by atoms with Crippen molar-refractivity contribution in [2.24, 2.45) is 5.92 Å². The first kappa shape index (κ1) is 17.9. The van der Waals surface area contributed by atoms with Gasteiger partial charge in [0.25, 0.3) is 0 Å². The van der Waals surface area contributed by atoms with Crippen LogP contribution in [-0.2, 0) is 10.5 Å². The van der Waals surface area contributed by atoms with Crippen molar-refractivity contribution in [3.05, 3.63) is 33.8 Å². The number of piperidine rings is 1. The minimum Gasteiger partial charge on any atom is -0.342 e. The molecule has 1 heterocycles. The third-order valence-electron chi connectivity index (χ3n) is 3.86. The van der Waals surface area contributed by atoms with Crippen LogP contribution in [0.15, 0.2) is 18.2 Å². The fourth-order valence-electron chi connectivity index (χ4n) is 2.73. The first-order valence-corrected chi connectivity index (χ1v) is 9.45. The number of thioether (sulfide) groups is 1. The van der Waals surface area contributed by atoms with Crippen molar-refractivity contribution in [1.82, 2.24) is 10.2 Å². The number of benzene rings is 1. The van der Waals surface area contributed by atoms with E-state index in [9.17, 15) is 4.79 Å². The number of carbonyl (C=O) groups excluding carboxylic acids is 1. The molecule has 1 aromatic carbocycles. The lowest BCUT2D eigenvalue weighted by Crippen LogP contribution is -2.43. The molecule has 1 unspecified atom stereocenters. The number of halogens is 2. The van der Waals surface area contributed by atoms with E-state index in [1.807, 2.05) is 24.1 Å². The highest BCUT2D eigenvalue weighted by Crippen LogP contribution is 2.25. The van der Waals surface area contributed by atoms with E-state index in [4.69, 9.17) is 23.2 Å². The molecule has 1 saturated heterocycles. The third kappa shape index (κ3) is 5.34. The number of amides is 1. The second kappa shape index (κ2) is 9.02. The molecule has 0 aliphatic carbocycles. The van der Waals surface area contributed by atoms with Gasteiger partial charge in [-0.25, -0.2) is 0 Å². The summed E-state index contributed by atoms with van der Waals surface area (Å²) in [6.07, 6.45) is 2.31. The van der Waals surface area contributed by atoms with Crippen molar-refractivity contribution in [3.8, 4) is 0 Å². The van der Waals surface area contributed by atoms with Gasteiger partial charge >= 0.3 is 0 Å². The van der Waals surface area contributed by atoms with Crippen LogP contribution in [0.5, 0.6) is 0 Å². The van der Waals surface area contributed by atoms with Crippen LogP contribution in [-0.4, -0.2) is 43.2 Å². The zero-order valence-corrected chi connectivity index (χ0v) is 15.1. The molecule has 1 aliphatic rings. The number of hydrogen-bond donors (Lipinski definition) is 1. The number of nitrogens with one attached hydrogen (secondary N) is 1. The molecule has 0 radical (unpaired) electrons. The van der Waals surface area contributed by atoms with E-state index in [1.165, 1.54) is 6.42 Å². The molecule has 2 rings (SSSR count). The van der Waals surface area contributed by atoms with E-state index in [1.54, 1.807) is 17.8 Å². The van der Waals surface area contributed by atoms with Crippen molar-refractivity contribution in [3.63, 3.8) is 0 Å². The highest BCUT2D eigenvalue weighted by Gasteiger charge is 2.22. The van der Waals surface area contributed by atoms with Crippen LogP contribution in [0.1, 0.15) is 18.4 Å². The lowest BCUT2D eigenvalue weighted by molar-refractivity contribution is -0.130. The molecule has 1 atom stereocenters. The summed E-state index contributed by atoms with van der Waals surface area (Å²) in [5, 5.41) is 4.51. The largest absolute Gasteiger partial charge is 0.342 e. The maximum absolute atomic E-state index is 12.3. The van der Waals surface area contributed by atoms with E-state index >= 15 is 0 Å². The van der Waals surface area contributed by atoms with Crippen LogP contribution >= 0.6 is 35.0 Å². The van der Waals surface area contributed by atoms with Gasteiger partial charge in [-0.2, -0.15) is 0 Å². The summed E-state index contributed by atoms with van der Waals surface area (Å²) < 4.78 is 0. The molecule has 1 aliphatic heterocycles. The van der Waals surface area contributed by atoms with Gasteiger partial charge in [0.05, 0.1) is 5.75 Å². The zero-order chi connectivity index (χ0) is 15.9. The smallest absolute Gasteiger partial charge is 0.232 e. The minimum absolute atomic E-state index is 0.232. The second-order valence-corrected chi connectivity index (χ2v) is 7.46. The van der Waals surface area contributed by atoms with Crippen LogP contribution in [0.2, 0.25) is 10.0 Å². The lowest BCUT2D eigenvalue weighted by Gasteiger charge is -2.32. The maximum atomic E-state index is 12.3. The Kier molecular flexibility index (Phi) is 7.35. The number of hydrogen-bond acceptors (Lipinski definition) is 3. The quantitative estimate of drug-likeness (QED) is 0.839. The zero-order valence-electron chi connectivity index (χ0n) is 12.8. The third-order valence-corrected chi connectivity index (χ3v) is 5.42. The predicted octanol–water partition coefficient (Wildman–Crippen LogP) is 3.68. The average molecular weight is 361 g/mol. The number of nitrogens with zero attached hydrogens (tertiary/aromatic N) is 1. The standard InChI is InChI=1S/C16H22Cl2N2OS/c1-19-8-12-3-2-6-20(9-12)16(21)11-22-10-13-4-5-14(17)7-15(13)18/h4-5,7,12,19H,2-3,6,8-11H2,1H3. The Morgan fingerprint density at radius 1 is 1.45 bits per heavy atom. The van der Waals surface area contributed by atoms with Gasteiger partial charge in [0, 0.05) is 28.9 Å². The molecule has 1 amide bonds. The van der Waals surface area contributed by atoms with Gasteiger partial charge in [-0.1, -0.05) is 29.3 Å². The topological polar surface area (TPSA) is 32.3 Å². The monoisotopic (exact) mass is 360 g/mol. The molecule has 0 spiro atoms. The van der Waals surface area contributed by atoms with E-state index < -0.39 is 0 Å². The lowest BCUT2D eigenvalue weighted by atomic mass is 9.98. The van der Waals surface area contributed by atoms with E-state index in [0.717, 1.165) is 37.4 Å². The van der Waals surface area contributed by atoms with Gasteiger partial charge in [0.15, 0.2) is 0 Å². The first-order valence-electron chi connectivity index (χ1n) is 7.54. The van der Waals surface area contributed by atoms with Crippen molar-refractivity contribution in [2.45, 2.75) is 18.6 Å². The van der Waals surface area contributed by atoms with Gasteiger partial charge in [-0.15, -0.1) is 11.8 Å². The van der Waals surface area contributed by atoms with E-state index in [2.05, 4.69) is 5.32 Å². The van der Waals surface area contributed by atoms with Crippen LogP contribution in [0.3, 0.4) is 0 Å². The van der Waals surface area contributed by atoms with Gasteiger partial charge in [0.2, 0.25) is 5.91 Å². The number of rotatable bonds is 6. The van der Waals surface area contributed by atoms with Crippen LogP contribution in [0.4, 0.5) is 0 Å². The van der Waals surface area contributed by atoms with Crippen LogP contribution in [0.25, 0.3) is 0 Å². The summed E-state index contributed by atoms with van der Waals surface area (Å²) in [5.41, 5.74) is 1.02. The minimum atomic E-state index is 0.232. The normalized spacial score (nSPS) is 18.5. The molecule has 0 bridgehead atoms. The molecule has 0 saturated carbocycles. The highest BCUT2D eigenvalue weighted by atomic mass is 35.5. The summed E-state index contributed by atoms with van der Waals surface area (Å²) in [4.78, 5) is 14.3. The van der Waals surface area contributed by atoms with Gasteiger partial charge in [-0.05, 0) is 50.0 Å². The Hall–Kier alpha value is -0.420. The first-order chi connectivity index (χ1) is 10.6. The molecule has 1 fully saturated rings. The van der Waals surface area contributed by atoms with Crippen molar-refractivity contribution >= 4 is 40.9 Å². The Labute approximate surface area is 146 Å². The Morgan fingerprint density at radius 2 is 2.27 bits per heavy atom. The van der Waals surface area contributed by atoms with Crippen molar-refractivity contribution in [1.29, 1.82) is 0 Å². The van der Waals surface area contributed by atoms with Crippen LogP contribution in [0, 0.1) is 5.92 Å². The SMILES string of the molecule is CNCC1CCCN(C(=O)CSCc2ccc(Cl)cc2Cl)C1. The van der Waals surface area contributed by atoms with Crippen molar-refractivity contribution < 1.29 is 4.79 Å². The summed E-state index contributed by atoms with van der Waals surface area (Å²) in [6, 6.07) is 5.50. The van der Waals surface area contributed by atoms with E-state index in [0.29, 0.717) is 21.7 Å². The average Bonchev–Trinajstić information content (AvgIpc) is 2.50. The number of carbonyl (C=O) groups is 1. The molecule has 1 N–H and O–H groups in total. The molecule has 3 nitrogen and oxygen atoms in total. The molecule has 1 aromatic rings. The van der Waals surface area contributed by atoms with Crippen LogP contribution < -0.4 is 5.32 Å². The molecular weight excluding hydrogens is 339 g/mol. The summed E-state index contributed by atoms with van der Waals surface area (Å²) in [6.45, 7) is 2.75. The van der Waals surface area contributed by atoms with Gasteiger partial charge in [0.1, 0.15) is 0 Å². The molecule has 6 heteroatoms. The fraction of sp³-hybridized carbons (Fsp3) is 0.562. The Bertz CT molecular complexity index is 511. The summed E-state index contributed by atoms with van der Waals surface area (Å²) in [5.74, 6) is 2.05. The summed E-state index contributed by atoms with van der Waals surface area (Å²) >= 11 is 13.6.